The number of nitrogens with one attached hydrogen (secondary N) is 1. The van der Waals surface area contributed by atoms with Crippen molar-refractivity contribution in [2.24, 2.45) is 0 Å². The van der Waals surface area contributed by atoms with Crippen molar-refractivity contribution in [3.63, 3.8) is 0 Å². The van der Waals surface area contributed by atoms with Gasteiger partial charge in [0, 0.05) is 6.07 Å². The number of methoxy groups -OCH3 is 1. The van der Waals surface area contributed by atoms with Crippen LogP contribution < -0.4 is 4.74 Å². The Labute approximate surface area is 127 Å². The highest BCUT2D eigenvalue weighted by Gasteiger charge is 2.12. The first-order valence-corrected chi connectivity index (χ1v) is 7.02. The molecule has 0 atom stereocenters. The molecule has 0 aliphatic rings. The molecule has 1 N–H and O–H groups in total. The number of aryl methyl sites for hydroxylation is 1. The van der Waals surface area contributed by atoms with Crippen LogP contribution in [0.15, 0.2) is 42.5 Å². The van der Waals surface area contributed by atoms with Crippen LogP contribution in [0.25, 0.3) is 33.6 Å². The van der Waals surface area contributed by atoms with Crippen molar-refractivity contribution < 1.29 is 4.74 Å². The van der Waals surface area contributed by atoms with Crippen LogP contribution in [0, 0.1) is 6.92 Å². The van der Waals surface area contributed by atoms with Gasteiger partial charge in [0.2, 0.25) is 0 Å². The van der Waals surface area contributed by atoms with Crippen LogP contribution >= 0.6 is 0 Å². The Balaban J connectivity index is 1.92. The number of rotatable bonds is 2. The predicted octanol–water partition coefficient (Wildman–Crippen LogP) is 3.49. The Morgan fingerprint density at radius 1 is 0.909 bits per heavy atom. The number of hydrogen-bond acceptors (Lipinski definition) is 4. The zero-order valence-corrected chi connectivity index (χ0v) is 12.3. The molecule has 2 heterocycles. The molecule has 4 rings (SSSR count). The first-order valence-electron chi connectivity index (χ1n) is 7.02. The van der Waals surface area contributed by atoms with Gasteiger partial charge in [-0.1, -0.05) is 12.1 Å². The van der Waals surface area contributed by atoms with E-state index < -0.39 is 0 Å². The Kier molecular flexibility index (Phi) is 2.79. The summed E-state index contributed by atoms with van der Waals surface area (Å²) in [5.41, 5.74) is 5.16. The summed E-state index contributed by atoms with van der Waals surface area (Å²) in [4.78, 5) is 17.2. The summed E-state index contributed by atoms with van der Waals surface area (Å²) in [5, 5.41) is 0. The molecule has 0 amide bonds. The third kappa shape index (κ3) is 1.98. The van der Waals surface area contributed by atoms with Crippen molar-refractivity contribution in [2.45, 2.75) is 6.92 Å². The van der Waals surface area contributed by atoms with E-state index in [1.54, 1.807) is 7.11 Å². The minimum atomic E-state index is 0.740. The summed E-state index contributed by atoms with van der Waals surface area (Å²) >= 11 is 0. The molecule has 0 fully saturated rings. The van der Waals surface area contributed by atoms with Gasteiger partial charge in [-0.05, 0) is 31.2 Å². The van der Waals surface area contributed by atoms with Gasteiger partial charge in [0.25, 0.3) is 0 Å². The smallest absolute Gasteiger partial charge is 0.159 e. The monoisotopic (exact) mass is 290 g/mol. The molecule has 108 valence electrons. The summed E-state index contributed by atoms with van der Waals surface area (Å²) < 4.78 is 5.23. The van der Waals surface area contributed by atoms with E-state index >= 15 is 0 Å². The van der Waals surface area contributed by atoms with Crippen LogP contribution in [-0.2, 0) is 0 Å². The number of fused-ring (bicyclic) bond motifs is 2. The molecule has 0 aliphatic heterocycles. The number of aromatic nitrogens is 4. The standard InChI is InChI=1S/C17H14N4O/c1-10-16(17-20-12-5-3-4-6-13(12)21-17)19-14-8-7-11(22-2)9-15(14)18-10/h3-9H,1-2H3,(H,20,21). The highest BCUT2D eigenvalue weighted by molar-refractivity contribution is 5.82. The van der Waals surface area contributed by atoms with Gasteiger partial charge in [-0.15, -0.1) is 0 Å². The average Bonchev–Trinajstić information content (AvgIpc) is 2.97. The highest BCUT2D eigenvalue weighted by Crippen LogP contribution is 2.25. The third-order valence-electron chi connectivity index (χ3n) is 3.66. The van der Waals surface area contributed by atoms with E-state index in [-0.39, 0.29) is 0 Å². The zero-order valence-electron chi connectivity index (χ0n) is 12.3. The molecular formula is C17H14N4O. The van der Waals surface area contributed by atoms with Gasteiger partial charge in [-0.2, -0.15) is 0 Å². The number of para-hydroxylation sites is 2. The lowest BCUT2D eigenvalue weighted by atomic mass is 10.2. The molecule has 5 nitrogen and oxygen atoms in total. The minimum absolute atomic E-state index is 0.740. The van der Waals surface area contributed by atoms with Crippen LogP contribution in [-0.4, -0.2) is 27.0 Å². The largest absolute Gasteiger partial charge is 0.497 e. The van der Waals surface area contributed by atoms with E-state index in [0.717, 1.165) is 45.0 Å². The molecule has 0 saturated carbocycles. The summed E-state index contributed by atoms with van der Waals surface area (Å²) in [5.74, 6) is 1.52. The van der Waals surface area contributed by atoms with Gasteiger partial charge in [-0.25, -0.2) is 15.0 Å². The maximum absolute atomic E-state index is 5.23. The average molecular weight is 290 g/mol. The van der Waals surface area contributed by atoms with Crippen molar-refractivity contribution in [1.29, 1.82) is 0 Å². The van der Waals surface area contributed by atoms with E-state index in [1.165, 1.54) is 0 Å². The molecule has 0 spiro atoms. The molecule has 0 saturated heterocycles. The van der Waals surface area contributed by atoms with E-state index in [1.807, 2.05) is 49.4 Å². The summed E-state index contributed by atoms with van der Waals surface area (Å²) in [6.07, 6.45) is 0. The Hall–Kier alpha value is -2.95. The summed E-state index contributed by atoms with van der Waals surface area (Å²) in [6, 6.07) is 13.6. The van der Waals surface area contributed by atoms with E-state index in [9.17, 15) is 0 Å². The van der Waals surface area contributed by atoms with Gasteiger partial charge in [0.15, 0.2) is 5.82 Å². The molecule has 2 aromatic heterocycles. The Morgan fingerprint density at radius 3 is 2.59 bits per heavy atom. The third-order valence-corrected chi connectivity index (χ3v) is 3.66. The number of benzene rings is 2. The van der Waals surface area contributed by atoms with Gasteiger partial charge in [0.1, 0.15) is 11.4 Å². The number of hydrogen-bond donors (Lipinski definition) is 1. The normalized spacial score (nSPS) is 11.2. The van der Waals surface area contributed by atoms with Gasteiger partial charge >= 0.3 is 0 Å². The molecule has 2 aromatic carbocycles. The van der Waals surface area contributed by atoms with Crippen molar-refractivity contribution in [3.05, 3.63) is 48.2 Å². The minimum Gasteiger partial charge on any atom is -0.497 e. The Bertz CT molecular complexity index is 957. The van der Waals surface area contributed by atoms with Crippen LogP contribution in [0.4, 0.5) is 0 Å². The maximum atomic E-state index is 5.23. The number of imidazole rings is 1. The van der Waals surface area contributed by atoms with Crippen molar-refractivity contribution in [2.75, 3.05) is 7.11 Å². The Morgan fingerprint density at radius 2 is 1.77 bits per heavy atom. The molecule has 0 bridgehead atoms. The quantitative estimate of drug-likeness (QED) is 0.614. The molecule has 0 radical (unpaired) electrons. The van der Waals surface area contributed by atoms with Crippen molar-refractivity contribution in [3.8, 4) is 17.3 Å². The second-order valence-electron chi connectivity index (χ2n) is 5.11. The molecule has 0 aliphatic carbocycles. The molecular weight excluding hydrogens is 276 g/mol. The van der Waals surface area contributed by atoms with Crippen LogP contribution in [0.2, 0.25) is 0 Å². The molecule has 0 unspecified atom stereocenters. The lowest BCUT2D eigenvalue weighted by molar-refractivity contribution is 0.415. The van der Waals surface area contributed by atoms with E-state index in [2.05, 4.69) is 15.0 Å². The molecule has 5 heteroatoms. The second kappa shape index (κ2) is 4.80. The predicted molar refractivity (Wildman–Crippen MR) is 85.9 cm³/mol. The van der Waals surface area contributed by atoms with Gasteiger partial charge in [-0.3, -0.25) is 0 Å². The second-order valence-corrected chi connectivity index (χ2v) is 5.11. The maximum Gasteiger partial charge on any atom is 0.159 e. The van der Waals surface area contributed by atoms with E-state index in [0.29, 0.717) is 0 Å². The fourth-order valence-electron chi connectivity index (χ4n) is 2.54. The molecule has 22 heavy (non-hydrogen) atoms. The van der Waals surface area contributed by atoms with Gasteiger partial charge in [0.05, 0.1) is 34.9 Å². The first-order chi connectivity index (χ1) is 10.7. The highest BCUT2D eigenvalue weighted by atomic mass is 16.5. The van der Waals surface area contributed by atoms with Crippen LogP contribution in [0.3, 0.4) is 0 Å². The topological polar surface area (TPSA) is 63.7 Å². The van der Waals surface area contributed by atoms with E-state index in [4.69, 9.17) is 9.72 Å². The summed E-state index contributed by atoms with van der Waals surface area (Å²) in [7, 11) is 1.64. The summed E-state index contributed by atoms with van der Waals surface area (Å²) in [6.45, 7) is 1.94. The lowest BCUT2D eigenvalue weighted by Crippen LogP contribution is -1.96. The van der Waals surface area contributed by atoms with Crippen LogP contribution in [0.1, 0.15) is 5.69 Å². The number of nitrogens with zero attached hydrogens (tertiary/aromatic N) is 3. The van der Waals surface area contributed by atoms with Crippen LogP contribution in [0.5, 0.6) is 5.75 Å². The fraction of sp³-hybridized carbons (Fsp3) is 0.118. The zero-order chi connectivity index (χ0) is 15.1. The number of aromatic amines is 1. The van der Waals surface area contributed by atoms with Gasteiger partial charge < -0.3 is 9.72 Å². The lowest BCUT2D eigenvalue weighted by Gasteiger charge is -2.05. The number of ether oxygens (including phenoxy) is 1. The van der Waals surface area contributed by atoms with Crippen molar-refractivity contribution in [1.82, 2.24) is 19.9 Å². The number of H-pyrrole nitrogens is 1. The molecule has 4 aromatic rings. The van der Waals surface area contributed by atoms with Crippen molar-refractivity contribution >= 4 is 22.1 Å². The SMILES string of the molecule is COc1ccc2nc(-c3nc4ccccc4[nH]3)c(C)nc2c1. The first kappa shape index (κ1) is 12.8. The fourth-order valence-corrected chi connectivity index (χ4v) is 2.54.